The Morgan fingerprint density at radius 3 is 2.50 bits per heavy atom. The first-order chi connectivity index (χ1) is 8.49. The van der Waals surface area contributed by atoms with Gasteiger partial charge in [0.1, 0.15) is 5.69 Å². The second-order valence-corrected chi connectivity index (χ2v) is 4.87. The van der Waals surface area contributed by atoms with Crippen LogP contribution in [-0.4, -0.2) is 16.1 Å². The van der Waals surface area contributed by atoms with Crippen molar-refractivity contribution in [2.24, 2.45) is 0 Å². The third-order valence-electron chi connectivity index (χ3n) is 2.59. The molecule has 2 rings (SSSR count). The molecular weight excluding hydrogens is 296 g/mol. The Hall–Kier alpha value is -1.82. The molecule has 0 bridgehead atoms. The topological polar surface area (TPSA) is 83.8 Å². The molecule has 0 aliphatic carbocycles. The number of halogens is 1. The highest BCUT2D eigenvalue weighted by Gasteiger charge is 2.12. The molecule has 0 saturated heterocycles. The Balaban J connectivity index is 2.25. The normalized spacial score (nSPS) is 10.4. The minimum Gasteiger partial charge on any atom is -0.396 e. The molecule has 6 heteroatoms. The van der Waals surface area contributed by atoms with Gasteiger partial charge in [0, 0.05) is 10.2 Å². The van der Waals surface area contributed by atoms with Gasteiger partial charge in [0.15, 0.2) is 0 Å². The molecule has 0 spiro atoms. The summed E-state index contributed by atoms with van der Waals surface area (Å²) in [6, 6.07) is 3.78. The maximum Gasteiger partial charge on any atom is 0.275 e. The van der Waals surface area contributed by atoms with E-state index in [4.69, 9.17) is 5.73 Å². The number of nitrogens with zero attached hydrogens (tertiary/aromatic N) is 1. The number of aryl methyl sites for hydroxylation is 2. The highest BCUT2D eigenvalue weighted by Crippen LogP contribution is 2.25. The first-order valence-corrected chi connectivity index (χ1v) is 6.15. The van der Waals surface area contributed by atoms with Crippen molar-refractivity contribution in [3.63, 3.8) is 0 Å². The van der Waals surface area contributed by atoms with Crippen molar-refractivity contribution in [1.82, 2.24) is 10.2 Å². The fraction of sp³-hybridized carbons (Fsp3) is 0.167. The smallest absolute Gasteiger partial charge is 0.275 e. The summed E-state index contributed by atoms with van der Waals surface area (Å²) >= 11 is 3.48. The number of anilines is 2. The van der Waals surface area contributed by atoms with Crippen LogP contribution in [0, 0.1) is 13.8 Å². The molecule has 18 heavy (non-hydrogen) atoms. The lowest BCUT2D eigenvalue weighted by Crippen LogP contribution is -2.14. The number of rotatable bonds is 2. The van der Waals surface area contributed by atoms with Gasteiger partial charge in [-0.3, -0.25) is 9.89 Å². The number of nitrogen functional groups attached to an aromatic ring is 1. The summed E-state index contributed by atoms with van der Waals surface area (Å²) in [6.07, 6.45) is 1.41. The van der Waals surface area contributed by atoms with Crippen LogP contribution in [0.25, 0.3) is 0 Å². The van der Waals surface area contributed by atoms with Crippen molar-refractivity contribution in [3.8, 4) is 0 Å². The molecule has 4 N–H and O–H groups in total. The Morgan fingerprint density at radius 1 is 1.39 bits per heavy atom. The Bertz CT molecular complexity index is 583. The second kappa shape index (κ2) is 4.81. The van der Waals surface area contributed by atoms with Gasteiger partial charge in [-0.25, -0.2) is 0 Å². The van der Waals surface area contributed by atoms with E-state index >= 15 is 0 Å². The molecule has 1 aromatic carbocycles. The summed E-state index contributed by atoms with van der Waals surface area (Å²) in [7, 11) is 0. The van der Waals surface area contributed by atoms with Gasteiger partial charge in [-0.15, -0.1) is 0 Å². The van der Waals surface area contributed by atoms with Crippen LogP contribution in [0.1, 0.15) is 21.6 Å². The van der Waals surface area contributed by atoms with Crippen molar-refractivity contribution in [2.45, 2.75) is 13.8 Å². The Labute approximate surface area is 113 Å². The molecule has 0 radical (unpaired) electrons. The van der Waals surface area contributed by atoms with E-state index in [2.05, 4.69) is 31.4 Å². The number of carbonyl (C=O) groups excluding carboxylic acids is 1. The third-order valence-corrected chi connectivity index (χ3v) is 3.84. The van der Waals surface area contributed by atoms with E-state index < -0.39 is 0 Å². The summed E-state index contributed by atoms with van der Waals surface area (Å²) in [4.78, 5) is 11.9. The van der Waals surface area contributed by atoms with E-state index in [0.29, 0.717) is 5.69 Å². The van der Waals surface area contributed by atoms with Crippen LogP contribution >= 0.6 is 15.9 Å². The number of amides is 1. The van der Waals surface area contributed by atoms with Crippen LogP contribution in [0.2, 0.25) is 0 Å². The summed E-state index contributed by atoms with van der Waals surface area (Å²) < 4.78 is 1.04. The maximum absolute atomic E-state index is 11.9. The minimum absolute atomic E-state index is 0.272. The quantitative estimate of drug-likeness (QED) is 0.797. The van der Waals surface area contributed by atoms with Crippen LogP contribution in [0.5, 0.6) is 0 Å². The number of H-pyrrole nitrogens is 1. The summed E-state index contributed by atoms with van der Waals surface area (Å²) in [5.74, 6) is -0.300. The standard InChI is InChI=1S/C12H13BrN4O/c1-6-3-8(4-7(2)10(6)13)16-12(18)11-9(14)5-15-17-11/h3-5H,14H2,1-2H3,(H,15,17)(H,16,18). The predicted octanol–water partition coefficient (Wildman–Crippen LogP) is 2.62. The number of nitrogens with one attached hydrogen (secondary N) is 2. The minimum atomic E-state index is -0.300. The van der Waals surface area contributed by atoms with Gasteiger partial charge in [-0.2, -0.15) is 5.10 Å². The summed E-state index contributed by atoms with van der Waals surface area (Å²) in [5, 5.41) is 9.07. The molecule has 0 atom stereocenters. The number of nitrogens with two attached hydrogens (primary N) is 1. The number of hydrogen-bond donors (Lipinski definition) is 3. The number of carbonyl (C=O) groups is 1. The van der Waals surface area contributed by atoms with Gasteiger partial charge in [-0.1, -0.05) is 15.9 Å². The molecule has 2 aromatic rings. The molecule has 94 valence electrons. The summed E-state index contributed by atoms with van der Waals surface area (Å²) in [6.45, 7) is 3.94. The average Bonchev–Trinajstić information content (AvgIpc) is 2.72. The SMILES string of the molecule is Cc1cc(NC(=O)c2[nH]ncc2N)cc(C)c1Br. The van der Waals surface area contributed by atoms with E-state index in [9.17, 15) is 4.79 Å². The van der Waals surface area contributed by atoms with Crippen molar-refractivity contribution in [3.05, 3.63) is 39.6 Å². The molecule has 1 amide bonds. The predicted molar refractivity (Wildman–Crippen MR) is 74.6 cm³/mol. The highest BCUT2D eigenvalue weighted by molar-refractivity contribution is 9.10. The van der Waals surface area contributed by atoms with Gasteiger partial charge < -0.3 is 11.1 Å². The summed E-state index contributed by atoms with van der Waals surface area (Å²) in [5.41, 5.74) is 9.07. The Morgan fingerprint density at radius 2 is 2.00 bits per heavy atom. The van der Waals surface area contributed by atoms with Crippen LogP contribution in [0.4, 0.5) is 11.4 Å². The molecule has 0 aliphatic heterocycles. The lowest BCUT2D eigenvalue weighted by molar-refractivity contribution is 0.102. The van der Waals surface area contributed by atoms with Gasteiger partial charge in [0.05, 0.1) is 11.9 Å². The molecule has 0 unspecified atom stereocenters. The zero-order chi connectivity index (χ0) is 13.3. The Kier molecular flexibility index (Phi) is 3.38. The molecule has 5 nitrogen and oxygen atoms in total. The van der Waals surface area contributed by atoms with E-state index in [1.807, 2.05) is 26.0 Å². The first-order valence-electron chi connectivity index (χ1n) is 5.36. The monoisotopic (exact) mass is 308 g/mol. The van der Waals surface area contributed by atoms with Crippen LogP contribution in [-0.2, 0) is 0 Å². The van der Waals surface area contributed by atoms with E-state index in [1.54, 1.807) is 0 Å². The zero-order valence-electron chi connectivity index (χ0n) is 10.0. The van der Waals surface area contributed by atoms with Crippen molar-refractivity contribution < 1.29 is 4.79 Å². The van der Waals surface area contributed by atoms with Crippen LogP contribution in [0.15, 0.2) is 22.8 Å². The number of aromatic nitrogens is 2. The van der Waals surface area contributed by atoms with Gasteiger partial charge in [0.25, 0.3) is 5.91 Å². The van der Waals surface area contributed by atoms with Crippen molar-refractivity contribution in [1.29, 1.82) is 0 Å². The third kappa shape index (κ3) is 2.38. The van der Waals surface area contributed by atoms with Crippen LogP contribution in [0.3, 0.4) is 0 Å². The largest absolute Gasteiger partial charge is 0.396 e. The molecular formula is C12H13BrN4O. The van der Waals surface area contributed by atoms with E-state index in [-0.39, 0.29) is 11.6 Å². The molecule has 0 fully saturated rings. The van der Waals surface area contributed by atoms with Gasteiger partial charge in [-0.05, 0) is 37.1 Å². The first kappa shape index (κ1) is 12.6. The number of aromatic amines is 1. The molecule has 0 aliphatic rings. The fourth-order valence-electron chi connectivity index (χ4n) is 1.69. The molecule has 1 heterocycles. The van der Waals surface area contributed by atoms with Gasteiger partial charge in [0.2, 0.25) is 0 Å². The fourth-order valence-corrected chi connectivity index (χ4v) is 1.92. The van der Waals surface area contributed by atoms with Crippen molar-refractivity contribution in [2.75, 3.05) is 11.1 Å². The number of benzene rings is 1. The number of hydrogen-bond acceptors (Lipinski definition) is 3. The lowest BCUT2D eigenvalue weighted by Gasteiger charge is -2.09. The average molecular weight is 309 g/mol. The van der Waals surface area contributed by atoms with E-state index in [0.717, 1.165) is 21.3 Å². The zero-order valence-corrected chi connectivity index (χ0v) is 11.6. The lowest BCUT2D eigenvalue weighted by atomic mass is 10.1. The van der Waals surface area contributed by atoms with E-state index in [1.165, 1.54) is 6.20 Å². The maximum atomic E-state index is 11.9. The van der Waals surface area contributed by atoms with Crippen molar-refractivity contribution >= 4 is 33.2 Å². The molecule has 0 saturated carbocycles. The second-order valence-electron chi connectivity index (χ2n) is 4.08. The van der Waals surface area contributed by atoms with Crippen LogP contribution < -0.4 is 11.1 Å². The highest BCUT2D eigenvalue weighted by atomic mass is 79.9. The molecule has 1 aromatic heterocycles. The van der Waals surface area contributed by atoms with Gasteiger partial charge >= 0.3 is 0 Å².